The topological polar surface area (TPSA) is 111 Å². The van der Waals surface area contributed by atoms with Gasteiger partial charge in [0.25, 0.3) is 11.6 Å². The first-order valence-corrected chi connectivity index (χ1v) is 10.3. The molecule has 29 heavy (non-hydrogen) atoms. The van der Waals surface area contributed by atoms with Gasteiger partial charge in [0.1, 0.15) is 11.8 Å². The second-order valence-electron chi connectivity index (χ2n) is 6.18. The molecule has 0 aromatic heterocycles. The van der Waals surface area contributed by atoms with E-state index in [4.69, 9.17) is 4.74 Å². The Bertz CT molecular complexity index is 857. The molecule has 9 heteroatoms. The summed E-state index contributed by atoms with van der Waals surface area (Å²) in [6.07, 6.45) is 2.35. The Hall–Kier alpha value is -3.07. The minimum Gasteiger partial charge on any atom is -0.497 e. The number of non-ortho nitro benzene ring substituents is 1. The largest absolute Gasteiger partial charge is 0.497 e. The molecule has 0 saturated carbocycles. The first-order chi connectivity index (χ1) is 13.9. The van der Waals surface area contributed by atoms with E-state index in [2.05, 4.69) is 10.6 Å². The lowest BCUT2D eigenvalue weighted by atomic mass is 10.1. The van der Waals surface area contributed by atoms with Gasteiger partial charge in [0.15, 0.2) is 0 Å². The Morgan fingerprint density at radius 3 is 2.55 bits per heavy atom. The molecule has 0 spiro atoms. The van der Waals surface area contributed by atoms with Crippen molar-refractivity contribution in [2.75, 3.05) is 19.1 Å². The Morgan fingerprint density at radius 2 is 1.93 bits per heavy atom. The zero-order chi connectivity index (χ0) is 21.2. The normalized spacial score (nSPS) is 11.4. The highest BCUT2D eigenvalue weighted by molar-refractivity contribution is 7.98. The molecule has 2 rings (SSSR count). The molecule has 0 aliphatic rings. The summed E-state index contributed by atoms with van der Waals surface area (Å²) in [6, 6.07) is 12.0. The lowest BCUT2D eigenvalue weighted by molar-refractivity contribution is -0.384. The summed E-state index contributed by atoms with van der Waals surface area (Å²) in [5.41, 5.74) is 0.853. The summed E-state index contributed by atoms with van der Waals surface area (Å²) >= 11 is 1.56. The lowest BCUT2D eigenvalue weighted by Crippen LogP contribution is -2.46. The van der Waals surface area contributed by atoms with Crippen molar-refractivity contribution >= 4 is 29.3 Å². The molecular weight excluding hydrogens is 394 g/mol. The fourth-order valence-electron chi connectivity index (χ4n) is 2.56. The van der Waals surface area contributed by atoms with Crippen molar-refractivity contribution < 1.29 is 19.2 Å². The minimum absolute atomic E-state index is 0.135. The van der Waals surface area contributed by atoms with Crippen LogP contribution in [0.4, 0.5) is 5.69 Å². The number of nitrogens with zero attached hydrogens (tertiary/aromatic N) is 1. The average Bonchev–Trinajstić information content (AvgIpc) is 2.75. The van der Waals surface area contributed by atoms with E-state index in [1.807, 2.05) is 18.4 Å². The smallest absolute Gasteiger partial charge is 0.270 e. The maximum Gasteiger partial charge on any atom is 0.270 e. The predicted molar refractivity (Wildman–Crippen MR) is 112 cm³/mol. The van der Waals surface area contributed by atoms with Gasteiger partial charge >= 0.3 is 0 Å². The molecule has 1 atom stereocenters. The molecule has 2 aromatic rings. The Kier molecular flexibility index (Phi) is 8.47. The molecule has 0 unspecified atom stereocenters. The molecule has 154 valence electrons. The van der Waals surface area contributed by atoms with Crippen molar-refractivity contribution in [2.24, 2.45) is 0 Å². The molecule has 0 aliphatic heterocycles. The van der Waals surface area contributed by atoms with Crippen molar-refractivity contribution in [3.8, 4) is 5.75 Å². The Balaban J connectivity index is 2.02. The fraction of sp³-hybridized carbons (Fsp3) is 0.300. The predicted octanol–water partition coefficient (Wildman–Crippen LogP) is 2.77. The molecule has 0 heterocycles. The molecule has 8 nitrogen and oxygen atoms in total. The van der Waals surface area contributed by atoms with Crippen LogP contribution in [0.5, 0.6) is 5.75 Å². The van der Waals surface area contributed by atoms with Gasteiger partial charge in [0.05, 0.1) is 12.0 Å². The van der Waals surface area contributed by atoms with Gasteiger partial charge < -0.3 is 15.4 Å². The lowest BCUT2D eigenvalue weighted by Gasteiger charge is -2.18. The molecular formula is C20H23N3O5S. The molecule has 0 fully saturated rings. The van der Waals surface area contributed by atoms with E-state index >= 15 is 0 Å². The quantitative estimate of drug-likeness (QED) is 0.454. The molecule has 2 amide bonds. The zero-order valence-corrected chi connectivity index (χ0v) is 17.0. The molecule has 0 aliphatic carbocycles. The number of hydrogen-bond acceptors (Lipinski definition) is 6. The van der Waals surface area contributed by atoms with Gasteiger partial charge in [-0.05, 0) is 42.2 Å². The van der Waals surface area contributed by atoms with Crippen LogP contribution in [-0.4, -0.2) is 41.9 Å². The third kappa shape index (κ3) is 6.79. The fourth-order valence-corrected chi connectivity index (χ4v) is 3.03. The van der Waals surface area contributed by atoms with E-state index < -0.39 is 16.9 Å². The molecule has 0 radical (unpaired) electrons. The van der Waals surface area contributed by atoms with Crippen LogP contribution in [-0.2, 0) is 11.3 Å². The number of nitrogens with one attached hydrogen (secondary N) is 2. The number of methoxy groups -OCH3 is 1. The van der Waals surface area contributed by atoms with E-state index in [9.17, 15) is 19.7 Å². The molecule has 0 saturated heterocycles. The zero-order valence-electron chi connectivity index (χ0n) is 16.2. The van der Waals surface area contributed by atoms with Gasteiger partial charge in [-0.3, -0.25) is 19.7 Å². The van der Waals surface area contributed by atoms with Crippen molar-refractivity contribution in [1.29, 1.82) is 0 Å². The SMILES string of the molecule is COc1ccc(CNC(=O)[C@H](CCSC)NC(=O)c2cccc([N+](=O)[O-])c2)cc1. The molecule has 2 aromatic carbocycles. The van der Waals surface area contributed by atoms with Gasteiger partial charge in [-0.2, -0.15) is 11.8 Å². The van der Waals surface area contributed by atoms with E-state index in [0.717, 1.165) is 11.3 Å². The minimum atomic E-state index is -0.743. The molecule has 2 N–H and O–H groups in total. The van der Waals surface area contributed by atoms with E-state index in [1.165, 1.54) is 24.3 Å². The second-order valence-corrected chi connectivity index (χ2v) is 7.17. The van der Waals surface area contributed by atoms with Crippen molar-refractivity contribution in [3.63, 3.8) is 0 Å². The second kappa shape index (κ2) is 11.1. The van der Waals surface area contributed by atoms with Crippen molar-refractivity contribution in [3.05, 3.63) is 69.8 Å². The summed E-state index contributed by atoms with van der Waals surface area (Å²) in [7, 11) is 1.58. The number of thioether (sulfide) groups is 1. The number of nitro benzene ring substituents is 1. The first kappa shape index (κ1) is 22.2. The summed E-state index contributed by atoms with van der Waals surface area (Å²) in [6.45, 7) is 0.311. The number of rotatable bonds is 10. The maximum absolute atomic E-state index is 12.6. The summed E-state index contributed by atoms with van der Waals surface area (Å²) in [4.78, 5) is 35.5. The number of hydrogen-bond donors (Lipinski definition) is 2. The summed E-state index contributed by atoms with van der Waals surface area (Å²) in [5, 5.41) is 16.4. The highest BCUT2D eigenvalue weighted by atomic mass is 32.2. The van der Waals surface area contributed by atoms with Crippen molar-refractivity contribution in [2.45, 2.75) is 19.0 Å². The van der Waals surface area contributed by atoms with Gasteiger partial charge in [-0.25, -0.2) is 0 Å². The van der Waals surface area contributed by atoms with E-state index in [1.54, 1.807) is 31.0 Å². The van der Waals surface area contributed by atoms with Crippen molar-refractivity contribution in [1.82, 2.24) is 10.6 Å². The van der Waals surface area contributed by atoms with Gasteiger partial charge in [0.2, 0.25) is 5.91 Å². The number of carbonyl (C=O) groups excluding carboxylic acids is 2. The monoisotopic (exact) mass is 417 g/mol. The van der Waals surface area contributed by atoms with Crippen LogP contribution >= 0.6 is 11.8 Å². The van der Waals surface area contributed by atoms with Crippen LogP contribution in [0.3, 0.4) is 0 Å². The number of carbonyl (C=O) groups is 2. The Morgan fingerprint density at radius 1 is 1.21 bits per heavy atom. The van der Waals surface area contributed by atoms with Crippen LogP contribution < -0.4 is 15.4 Å². The summed E-state index contributed by atoms with van der Waals surface area (Å²) < 4.78 is 5.11. The van der Waals surface area contributed by atoms with Crippen LogP contribution in [0, 0.1) is 10.1 Å². The third-order valence-corrected chi connectivity index (χ3v) is 4.82. The number of benzene rings is 2. The number of amides is 2. The first-order valence-electron chi connectivity index (χ1n) is 8.89. The molecule has 0 bridgehead atoms. The highest BCUT2D eigenvalue weighted by Crippen LogP contribution is 2.14. The summed E-state index contributed by atoms with van der Waals surface area (Å²) in [5.74, 6) is 0.561. The number of nitro groups is 1. The standard InChI is InChI=1S/C20H23N3O5S/c1-28-17-8-6-14(7-9-17)13-21-20(25)18(10-11-29-2)22-19(24)15-4-3-5-16(12-15)23(26)27/h3-9,12,18H,10-11,13H2,1-2H3,(H,21,25)(H,22,24)/t18-/m0/s1. The van der Waals surface area contributed by atoms with Gasteiger partial charge in [-0.1, -0.05) is 18.2 Å². The van der Waals surface area contributed by atoms with Crippen LogP contribution in [0.1, 0.15) is 22.3 Å². The van der Waals surface area contributed by atoms with E-state index in [0.29, 0.717) is 18.7 Å². The Labute approximate surface area is 173 Å². The highest BCUT2D eigenvalue weighted by Gasteiger charge is 2.22. The van der Waals surface area contributed by atoms with Crippen LogP contribution in [0.15, 0.2) is 48.5 Å². The van der Waals surface area contributed by atoms with Crippen LogP contribution in [0.25, 0.3) is 0 Å². The van der Waals surface area contributed by atoms with Gasteiger partial charge in [0, 0.05) is 24.2 Å². The van der Waals surface area contributed by atoms with Gasteiger partial charge in [-0.15, -0.1) is 0 Å². The average molecular weight is 417 g/mol. The third-order valence-electron chi connectivity index (χ3n) is 4.18. The van der Waals surface area contributed by atoms with Crippen LogP contribution in [0.2, 0.25) is 0 Å². The van der Waals surface area contributed by atoms with E-state index in [-0.39, 0.29) is 17.2 Å². The number of ether oxygens (including phenoxy) is 1. The maximum atomic E-state index is 12.6.